The first-order valence-electron chi connectivity index (χ1n) is 5.69. The summed E-state index contributed by atoms with van der Waals surface area (Å²) in [5.41, 5.74) is 2.44. The van der Waals surface area contributed by atoms with Gasteiger partial charge in [0.1, 0.15) is 5.00 Å². The molecule has 2 aromatic rings. The summed E-state index contributed by atoms with van der Waals surface area (Å²) >= 11 is 1.20. The summed E-state index contributed by atoms with van der Waals surface area (Å²) in [6, 6.07) is 7.07. The van der Waals surface area contributed by atoms with E-state index in [0.717, 1.165) is 11.1 Å². The van der Waals surface area contributed by atoms with Crippen LogP contribution >= 0.6 is 11.3 Å². The fourth-order valence-electron chi connectivity index (χ4n) is 1.91. The normalized spacial score (nSPS) is 10.2. The number of nitrogens with one attached hydrogen (secondary N) is 1. The van der Waals surface area contributed by atoms with E-state index in [1.165, 1.54) is 17.4 Å². The molecule has 0 spiro atoms. The molecule has 0 saturated carbocycles. The third-order valence-electron chi connectivity index (χ3n) is 2.83. The summed E-state index contributed by atoms with van der Waals surface area (Å²) < 4.78 is 0. The van der Waals surface area contributed by atoms with Gasteiger partial charge in [-0.05, 0) is 36.4 Å². The Labute approximate surface area is 114 Å². The monoisotopic (exact) mass is 275 g/mol. The van der Waals surface area contributed by atoms with Crippen molar-refractivity contribution < 1.29 is 14.7 Å². The van der Waals surface area contributed by atoms with Crippen molar-refractivity contribution in [3.63, 3.8) is 0 Å². The third kappa shape index (κ3) is 2.66. The minimum Gasteiger partial charge on any atom is -0.478 e. The van der Waals surface area contributed by atoms with Gasteiger partial charge in [0.25, 0.3) is 5.91 Å². The Morgan fingerprint density at radius 3 is 2.37 bits per heavy atom. The van der Waals surface area contributed by atoms with Crippen molar-refractivity contribution >= 4 is 28.2 Å². The Balaban J connectivity index is 2.31. The minimum atomic E-state index is -1.04. The van der Waals surface area contributed by atoms with Gasteiger partial charge >= 0.3 is 5.97 Å². The molecular weight excluding hydrogens is 262 g/mol. The fourth-order valence-corrected chi connectivity index (χ4v) is 2.69. The molecule has 0 atom stereocenters. The molecule has 1 aromatic heterocycles. The maximum Gasteiger partial charge on any atom is 0.338 e. The highest BCUT2D eigenvalue weighted by molar-refractivity contribution is 7.14. The molecule has 4 nitrogen and oxygen atoms in total. The fraction of sp³-hybridized carbons (Fsp3) is 0.143. The highest BCUT2D eigenvalue weighted by atomic mass is 32.1. The molecule has 1 amide bonds. The Morgan fingerprint density at radius 2 is 1.79 bits per heavy atom. The number of aryl methyl sites for hydroxylation is 2. The quantitative estimate of drug-likeness (QED) is 0.903. The third-order valence-corrected chi connectivity index (χ3v) is 3.66. The Morgan fingerprint density at radius 1 is 1.16 bits per heavy atom. The van der Waals surface area contributed by atoms with E-state index < -0.39 is 5.97 Å². The lowest BCUT2D eigenvalue weighted by atomic mass is 10.0. The lowest BCUT2D eigenvalue weighted by molar-refractivity contribution is 0.0698. The van der Waals surface area contributed by atoms with Crippen molar-refractivity contribution in [2.75, 3.05) is 5.32 Å². The number of carbonyl (C=O) groups excluding carboxylic acids is 1. The van der Waals surface area contributed by atoms with Gasteiger partial charge in [0.05, 0.1) is 5.56 Å². The molecule has 0 aliphatic heterocycles. The maximum absolute atomic E-state index is 12.2. The van der Waals surface area contributed by atoms with E-state index in [2.05, 4.69) is 5.32 Å². The zero-order chi connectivity index (χ0) is 14.0. The Bertz CT molecular complexity index is 626. The summed E-state index contributed by atoms with van der Waals surface area (Å²) in [5, 5.41) is 13.7. The van der Waals surface area contributed by atoms with Crippen molar-refractivity contribution in [3.05, 3.63) is 51.9 Å². The van der Waals surface area contributed by atoms with Gasteiger partial charge in [-0.15, -0.1) is 11.3 Å². The molecule has 1 heterocycles. The summed E-state index contributed by atoms with van der Waals surface area (Å²) in [5.74, 6) is -1.32. The van der Waals surface area contributed by atoms with E-state index in [0.29, 0.717) is 10.6 Å². The second kappa shape index (κ2) is 5.24. The molecule has 0 unspecified atom stereocenters. The zero-order valence-corrected chi connectivity index (χ0v) is 11.4. The van der Waals surface area contributed by atoms with E-state index >= 15 is 0 Å². The second-order valence-electron chi connectivity index (χ2n) is 4.19. The molecule has 0 aliphatic carbocycles. The van der Waals surface area contributed by atoms with Crippen LogP contribution < -0.4 is 5.32 Å². The van der Waals surface area contributed by atoms with E-state index in [4.69, 9.17) is 5.11 Å². The number of thiophene rings is 1. The first-order valence-corrected chi connectivity index (χ1v) is 6.57. The average molecular weight is 275 g/mol. The van der Waals surface area contributed by atoms with Crippen LogP contribution in [-0.2, 0) is 0 Å². The van der Waals surface area contributed by atoms with Gasteiger partial charge in [0, 0.05) is 5.56 Å². The molecule has 0 saturated heterocycles. The van der Waals surface area contributed by atoms with E-state index in [1.54, 1.807) is 5.38 Å². The van der Waals surface area contributed by atoms with Crippen LogP contribution in [0.25, 0.3) is 0 Å². The molecule has 0 bridgehead atoms. The molecule has 5 heteroatoms. The molecule has 19 heavy (non-hydrogen) atoms. The van der Waals surface area contributed by atoms with Crippen LogP contribution in [-0.4, -0.2) is 17.0 Å². The van der Waals surface area contributed by atoms with Crippen molar-refractivity contribution in [3.8, 4) is 0 Å². The van der Waals surface area contributed by atoms with Crippen LogP contribution in [0.5, 0.6) is 0 Å². The SMILES string of the molecule is Cc1cccc(C)c1C(=O)Nc1sccc1C(=O)O. The van der Waals surface area contributed by atoms with Crippen LogP contribution in [0.2, 0.25) is 0 Å². The molecule has 1 aromatic carbocycles. The van der Waals surface area contributed by atoms with E-state index in [1.807, 2.05) is 32.0 Å². The van der Waals surface area contributed by atoms with Crippen LogP contribution in [0.15, 0.2) is 29.6 Å². The number of hydrogen-bond acceptors (Lipinski definition) is 3. The molecule has 0 fully saturated rings. The number of carboxylic acid groups (broad SMARTS) is 1. The number of carbonyl (C=O) groups is 2. The largest absolute Gasteiger partial charge is 0.478 e. The van der Waals surface area contributed by atoms with Crippen molar-refractivity contribution in [1.82, 2.24) is 0 Å². The van der Waals surface area contributed by atoms with Gasteiger partial charge in [0.2, 0.25) is 0 Å². The summed E-state index contributed by atoms with van der Waals surface area (Å²) in [6.45, 7) is 3.71. The van der Waals surface area contributed by atoms with Crippen molar-refractivity contribution in [2.45, 2.75) is 13.8 Å². The smallest absolute Gasteiger partial charge is 0.338 e. The highest BCUT2D eigenvalue weighted by Gasteiger charge is 2.17. The number of aromatic carboxylic acids is 1. The zero-order valence-electron chi connectivity index (χ0n) is 10.6. The molecule has 2 rings (SSSR count). The van der Waals surface area contributed by atoms with E-state index in [-0.39, 0.29) is 11.5 Å². The van der Waals surface area contributed by atoms with Gasteiger partial charge < -0.3 is 10.4 Å². The van der Waals surface area contributed by atoms with Gasteiger partial charge in [-0.25, -0.2) is 4.79 Å². The molecular formula is C14H13NO3S. The topological polar surface area (TPSA) is 66.4 Å². The minimum absolute atomic E-state index is 0.115. The molecule has 2 N–H and O–H groups in total. The van der Waals surface area contributed by atoms with Crippen LogP contribution in [0.3, 0.4) is 0 Å². The first kappa shape index (κ1) is 13.3. The molecule has 0 radical (unpaired) electrons. The number of amides is 1. The van der Waals surface area contributed by atoms with Crippen LogP contribution in [0.4, 0.5) is 5.00 Å². The van der Waals surface area contributed by atoms with E-state index in [9.17, 15) is 9.59 Å². The number of carboxylic acids is 1. The number of hydrogen-bond donors (Lipinski definition) is 2. The summed E-state index contributed by atoms with van der Waals surface area (Å²) in [4.78, 5) is 23.2. The number of benzene rings is 1. The number of anilines is 1. The Kier molecular flexibility index (Phi) is 3.66. The van der Waals surface area contributed by atoms with Gasteiger partial charge in [0.15, 0.2) is 0 Å². The van der Waals surface area contributed by atoms with Gasteiger partial charge in [-0.2, -0.15) is 0 Å². The van der Waals surface area contributed by atoms with Crippen molar-refractivity contribution in [1.29, 1.82) is 0 Å². The average Bonchev–Trinajstić information content (AvgIpc) is 2.76. The van der Waals surface area contributed by atoms with Crippen molar-refractivity contribution in [2.24, 2.45) is 0 Å². The first-order chi connectivity index (χ1) is 9.00. The predicted octanol–water partition coefficient (Wildman–Crippen LogP) is 3.32. The number of rotatable bonds is 3. The summed E-state index contributed by atoms with van der Waals surface area (Å²) in [6.07, 6.45) is 0. The van der Waals surface area contributed by atoms with Crippen LogP contribution in [0, 0.1) is 13.8 Å². The summed E-state index contributed by atoms with van der Waals surface area (Å²) in [7, 11) is 0. The highest BCUT2D eigenvalue weighted by Crippen LogP contribution is 2.24. The van der Waals surface area contributed by atoms with Crippen LogP contribution in [0.1, 0.15) is 31.8 Å². The molecule has 98 valence electrons. The second-order valence-corrected chi connectivity index (χ2v) is 5.11. The van der Waals surface area contributed by atoms with Gasteiger partial charge in [-0.1, -0.05) is 18.2 Å². The standard InChI is InChI=1S/C14H13NO3S/c1-8-4-3-5-9(2)11(8)12(16)15-13-10(14(17)18)6-7-19-13/h3-7H,1-2H3,(H,15,16)(H,17,18). The maximum atomic E-state index is 12.2. The molecule has 0 aliphatic rings. The van der Waals surface area contributed by atoms with Gasteiger partial charge in [-0.3, -0.25) is 4.79 Å². The Hall–Kier alpha value is -2.14. The lowest BCUT2D eigenvalue weighted by Crippen LogP contribution is -2.15. The lowest BCUT2D eigenvalue weighted by Gasteiger charge is -2.09. The predicted molar refractivity (Wildman–Crippen MR) is 75.1 cm³/mol.